The fourth-order valence-electron chi connectivity index (χ4n) is 2.34. The highest BCUT2D eigenvalue weighted by Crippen LogP contribution is 2.26. The van der Waals surface area contributed by atoms with Crippen LogP contribution in [0.3, 0.4) is 0 Å². The number of H-pyrrole nitrogens is 1. The number of ether oxygens (including phenoxy) is 1. The molecule has 0 unspecified atom stereocenters. The molecule has 1 aromatic heterocycles. The molecule has 8 heteroatoms. The van der Waals surface area contributed by atoms with E-state index < -0.39 is 11.9 Å². The van der Waals surface area contributed by atoms with Gasteiger partial charge in [0.1, 0.15) is 5.82 Å². The maximum Gasteiger partial charge on any atom is 0.317 e. The Morgan fingerprint density at radius 1 is 1.28 bits per heavy atom. The van der Waals surface area contributed by atoms with Crippen LogP contribution < -0.4 is 16.8 Å². The summed E-state index contributed by atoms with van der Waals surface area (Å²) in [5.74, 6) is 5.15. The van der Waals surface area contributed by atoms with Crippen molar-refractivity contribution in [2.75, 3.05) is 12.4 Å². The minimum atomic E-state index is -0.806. The largest absolute Gasteiger partial charge is 0.469 e. The molecule has 2 rings (SSSR count). The van der Waals surface area contributed by atoms with Crippen LogP contribution in [0.1, 0.15) is 35.2 Å². The molecule has 0 saturated carbocycles. The highest BCUT2D eigenvalue weighted by molar-refractivity contribution is 6.13. The number of anilines is 1. The third-order valence-electron chi connectivity index (χ3n) is 3.44. The third-order valence-corrected chi connectivity index (χ3v) is 3.44. The monoisotopic (exact) mass is 342 g/mol. The molecule has 1 aromatic carbocycles. The Bertz CT molecular complexity index is 889. The summed E-state index contributed by atoms with van der Waals surface area (Å²) in [5, 5.41) is 2.90. The Hall–Kier alpha value is -3.47. The van der Waals surface area contributed by atoms with Gasteiger partial charge in [-0.25, -0.2) is 4.79 Å². The first-order chi connectivity index (χ1) is 11.9. The number of unbranched alkanes of at least 4 members (excludes halogenated alkanes) is 1. The van der Waals surface area contributed by atoms with Gasteiger partial charge in [0.25, 0.3) is 5.91 Å². The zero-order valence-corrected chi connectivity index (χ0v) is 13.6. The first-order valence-corrected chi connectivity index (χ1v) is 7.50. The molecule has 1 heterocycles. The molecule has 8 nitrogen and oxygen atoms in total. The van der Waals surface area contributed by atoms with Crippen molar-refractivity contribution in [3.8, 4) is 11.8 Å². The van der Waals surface area contributed by atoms with Gasteiger partial charge in [-0.2, -0.15) is 0 Å². The fraction of sp³-hybridized carbons (Fsp3) is 0.235. The summed E-state index contributed by atoms with van der Waals surface area (Å²) >= 11 is 0. The summed E-state index contributed by atoms with van der Waals surface area (Å²) in [6.45, 7) is 0. The molecule has 0 saturated heterocycles. The number of carbonyl (C=O) groups is 3. The minimum absolute atomic E-state index is 0.151. The van der Waals surface area contributed by atoms with Crippen LogP contribution in [0.5, 0.6) is 0 Å². The number of nitrogens with one attached hydrogen (secondary N) is 2. The van der Waals surface area contributed by atoms with Crippen molar-refractivity contribution >= 4 is 34.6 Å². The van der Waals surface area contributed by atoms with Gasteiger partial charge in [0.2, 0.25) is 0 Å². The average molecular weight is 342 g/mol. The number of aromatic amines is 1. The molecule has 0 atom stereocenters. The molecular formula is C17H18N4O4. The summed E-state index contributed by atoms with van der Waals surface area (Å²) in [6.07, 6.45) is 1.49. The van der Waals surface area contributed by atoms with Crippen LogP contribution in [0.15, 0.2) is 18.2 Å². The predicted molar refractivity (Wildman–Crippen MR) is 92.8 cm³/mol. The Kier molecular flexibility index (Phi) is 5.63. The SMILES string of the molecule is COC(=O)CCCC#Cc1ccc2c(C(N)=O)c(NC(N)=O)[nH]c2c1. The van der Waals surface area contributed by atoms with E-state index in [4.69, 9.17) is 11.5 Å². The normalized spacial score (nSPS) is 9.96. The molecule has 0 aliphatic heterocycles. The van der Waals surface area contributed by atoms with Crippen molar-refractivity contribution in [3.63, 3.8) is 0 Å². The van der Waals surface area contributed by atoms with Crippen molar-refractivity contribution in [2.45, 2.75) is 19.3 Å². The number of aromatic nitrogens is 1. The second kappa shape index (κ2) is 7.88. The van der Waals surface area contributed by atoms with Crippen LogP contribution >= 0.6 is 0 Å². The Morgan fingerprint density at radius 2 is 2.04 bits per heavy atom. The summed E-state index contributed by atoms with van der Waals surface area (Å²) in [5.41, 5.74) is 11.9. The molecule has 3 amide bonds. The second-order valence-electron chi connectivity index (χ2n) is 5.22. The van der Waals surface area contributed by atoms with Gasteiger partial charge in [-0.1, -0.05) is 17.9 Å². The van der Waals surface area contributed by atoms with Crippen LogP contribution in [0, 0.1) is 11.8 Å². The molecule has 6 N–H and O–H groups in total. The first kappa shape index (κ1) is 17.9. The zero-order valence-electron chi connectivity index (χ0n) is 13.6. The smallest absolute Gasteiger partial charge is 0.317 e. The van der Waals surface area contributed by atoms with Crippen molar-refractivity contribution < 1.29 is 19.1 Å². The summed E-state index contributed by atoms with van der Waals surface area (Å²) < 4.78 is 4.56. The van der Waals surface area contributed by atoms with Crippen LogP contribution in [-0.2, 0) is 9.53 Å². The number of hydrogen-bond acceptors (Lipinski definition) is 4. The Morgan fingerprint density at radius 3 is 2.68 bits per heavy atom. The predicted octanol–water partition coefficient (Wildman–Crippen LogP) is 1.45. The molecule has 0 bridgehead atoms. The number of amides is 3. The summed E-state index contributed by atoms with van der Waals surface area (Å²) in [6, 6.07) is 4.36. The van der Waals surface area contributed by atoms with Gasteiger partial charge in [0.15, 0.2) is 0 Å². The third kappa shape index (κ3) is 4.51. The van der Waals surface area contributed by atoms with Crippen molar-refractivity contribution in [1.82, 2.24) is 4.98 Å². The number of hydrogen-bond donors (Lipinski definition) is 4. The minimum Gasteiger partial charge on any atom is -0.469 e. The van der Waals surface area contributed by atoms with E-state index in [1.165, 1.54) is 7.11 Å². The average Bonchev–Trinajstić information content (AvgIpc) is 2.90. The van der Waals surface area contributed by atoms with Gasteiger partial charge < -0.3 is 21.2 Å². The lowest BCUT2D eigenvalue weighted by molar-refractivity contribution is -0.140. The molecule has 130 valence electrons. The quantitative estimate of drug-likeness (QED) is 0.371. The lowest BCUT2D eigenvalue weighted by atomic mass is 10.1. The van der Waals surface area contributed by atoms with Crippen LogP contribution in [0.25, 0.3) is 10.9 Å². The number of rotatable bonds is 5. The molecular weight excluding hydrogens is 324 g/mol. The van der Waals surface area contributed by atoms with Gasteiger partial charge in [0.05, 0.1) is 12.7 Å². The van der Waals surface area contributed by atoms with E-state index in [1.807, 2.05) is 0 Å². The second-order valence-corrected chi connectivity index (χ2v) is 5.22. The van der Waals surface area contributed by atoms with Crippen molar-refractivity contribution in [2.24, 2.45) is 11.5 Å². The van der Waals surface area contributed by atoms with Crippen LogP contribution in [0.2, 0.25) is 0 Å². The van der Waals surface area contributed by atoms with E-state index in [0.717, 1.165) is 0 Å². The standard InChI is InChI=1S/C17H18N4O4/c1-25-13(22)6-4-2-3-5-10-7-8-11-12(9-10)20-16(21-17(19)24)14(11)15(18)23/h7-9,20H,2,4,6H2,1H3,(H2,18,23)(H3,19,21,24). The lowest BCUT2D eigenvalue weighted by Gasteiger charge is -2.00. The topological polar surface area (TPSA) is 140 Å². The number of esters is 1. The fourth-order valence-corrected chi connectivity index (χ4v) is 2.34. The van der Waals surface area contributed by atoms with E-state index in [9.17, 15) is 14.4 Å². The van der Waals surface area contributed by atoms with Crippen LogP contribution in [0.4, 0.5) is 10.6 Å². The van der Waals surface area contributed by atoms with Crippen molar-refractivity contribution in [3.05, 3.63) is 29.3 Å². The van der Waals surface area contributed by atoms with Gasteiger partial charge in [0, 0.05) is 29.3 Å². The molecule has 2 aromatic rings. The zero-order chi connectivity index (χ0) is 18.4. The number of nitrogens with two attached hydrogens (primary N) is 2. The van der Waals surface area contributed by atoms with Gasteiger partial charge >= 0.3 is 12.0 Å². The van der Waals surface area contributed by atoms with E-state index >= 15 is 0 Å². The lowest BCUT2D eigenvalue weighted by Crippen LogP contribution is -2.22. The van der Waals surface area contributed by atoms with E-state index in [2.05, 4.69) is 26.9 Å². The molecule has 0 spiro atoms. The molecule has 0 aliphatic carbocycles. The summed E-state index contributed by atoms with van der Waals surface area (Å²) in [7, 11) is 1.35. The number of benzene rings is 1. The molecule has 0 aliphatic rings. The molecule has 25 heavy (non-hydrogen) atoms. The van der Waals surface area contributed by atoms with E-state index in [0.29, 0.717) is 35.7 Å². The number of methoxy groups -OCH3 is 1. The highest BCUT2D eigenvalue weighted by Gasteiger charge is 2.17. The molecule has 0 fully saturated rings. The molecule has 0 radical (unpaired) electrons. The maximum absolute atomic E-state index is 11.6. The highest BCUT2D eigenvalue weighted by atomic mass is 16.5. The van der Waals surface area contributed by atoms with Gasteiger partial charge in [-0.15, -0.1) is 0 Å². The number of urea groups is 1. The Labute approximate surface area is 143 Å². The number of fused-ring (bicyclic) bond motifs is 1. The Balaban J connectivity index is 2.21. The van der Waals surface area contributed by atoms with Gasteiger partial charge in [-0.05, 0) is 18.6 Å². The number of primary amides is 2. The maximum atomic E-state index is 11.6. The van der Waals surface area contributed by atoms with Crippen molar-refractivity contribution in [1.29, 1.82) is 0 Å². The van der Waals surface area contributed by atoms with Crippen LogP contribution in [-0.4, -0.2) is 30.0 Å². The first-order valence-electron chi connectivity index (χ1n) is 7.50. The summed E-state index contributed by atoms with van der Waals surface area (Å²) in [4.78, 5) is 36.6. The van der Waals surface area contributed by atoms with Gasteiger partial charge in [-0.3, -0.25) is 14.9 Å². The van der Waals surface area contributed by atoms with E-state index in [-0.39, 0.29) is 17.4 Å². The van der Waals surface area contributed by atoms with E-state index in [1.54, 1.807) is 18.2 Å². The number of carbonyl (C=O) groups excluding carboxylic acids is 3.